The van der Waals surface area contributed by atoms with Crippen LogP contribution >= 0.6 is 43.5 Å². The van der Waals surface area contributed by atoms with Crippen LogP contribution in [0.2, 0.25) is 0 Å². The highest BCUT2D eigenvalue weighted by Gasteiger charge is 2.14. The van der Waals surface area contributed by atoms with Gasteiger partial charge in [-0.25, -0.2) is 0 Å². The molecule has 0 aliphatic rings. The van der Waals surface area contributed by atoms with E-state index in [9.17, 15) is 0 Å². The van der Waals surface area contributed by atoms with Gasteiger partial charge in [-0.15, -0.1) is 0 Å². The molecule has 0 saturated heterocycles. The zero-order valence-electron chi connectivity index (χ0n) is 2.79. The van der Waals surface area contributed by atoms with E-state index >= 15 is 0 Å². The number of aliphatic hydroxyl groups is 1. The molecule has 0 fully saturated rings. The normalized spacial score (nSPS) is 12.0. The van der Waals surface area contributed by atoms with Crippen molar-refractivity contribution in [2.75, 3.05) is 6.61 Å². The summed E-state index contributed by atoms with van der Waals surface area (Å²) in [6.45, 7) is -0.130. The van der Waals surface area contributed by atoms with Crippen molar-refractivity contribution in [1.82, 2.24) is 0 Å². The molecule has 0 heterocycles. The third-order valence-corrected chi connectivity index (χ3v) is 0.800. The quantitative estimate of drug-likeness (QED) is 0.689. The van der Waals surface area contributed by atoms with Crippen LogP contribution in [0.4, 0.5) is 0 Å². The topological polar surface area (TPSA) is 20.2 Å². The molecule has 1 nitrogen and oxygen atoms in total. The maximum atomic E-state index is 8.18. The summed E-state index contributed by atoms with van der Waals surface area (Å²) in [6, 6.07) is 0. The summed E-state index contributed by atoms with van der Waals surface area (Å²) in [4.78, 5) is 0. The smallest absolute Gasteiger partial charge is 0.176 e. The summed E-state index contributed by atoms with van der Waals surface area (Å²) in [5.74, 6) is 0. The standard InChI is InChI=1S/C2H3Br2ClO/c3-2(4,5)1-6/h6H,1H2. The second-order valence-electron chi connectivity index (χ2n) is 0.773. The molecule has 0 radical (unpaired) electrons. The lowest BCUT2D eigenvalue weighted by Crippen LogP contribution is -2.05. The largest absolute Gasteiger partial charge is 0.393 e. The molecule has 0 aromatic rings. The maximum absolute atomic E-state index is 8.18. The van der Waals surface area contributed by atoms with E-state index in [2.05, 4.69) is 31.9 Å². The fraction of sp³-hybridized carbons (Fsp3) is 1.00. The molecule has 0 aliphatic heterocycles. The first-order valence-corrected chi connectivity index (χ1v) is 3.20. The minimum absolute atomic E-state index is 0.130. The molecule has 0 aliphatic carbocycles. The van der Waals surface area contributed by atoms with E-state index in [1.54, 1.807) is 0 Å². The zero-order chi connectivity index (χ0) is 5.21. The Balaban J connectivity index is 3.17. The van der Waals surface area contributed by atoms with E-state index in [-0.39, 0.29) is 6.61 Å². The van der Waals surface area contributed by atoms with Crippen LogP contribution in [0, 0.1) is 0 Å². The molecular formula is C2H3Br2ClO. The highest BCUT2D eigenvalue weighted by atomic mass is 79.9. The van der Waals surface area contributed by atoms with Crippen molar-refractivity contribution in [3.63, 3.8) is 0 Å². The molecule has 0 bridgehead atoms. The molecule has 0 atom stereocenters. The lowest BCUT2D eigenvalue weighted by atomic mass is 10.9. The third-order valence-electron chi connectivity index (χ3n) is 0.179. The maximum Gasteiger partial charge on any atom is 0.176 e. The van der Waals surface area contributed by atoms with Gasteiger partial charge in [-0.3, -0.25) is 0 Å². The second kappa shape index (κ2) is 2.50. The van der Waals surface area contributed by atoms with Crippen LogP contribution in [0.25, 0.3) is 0 Å². The molecule has 0 aromatic heterocycles. The van der Waals surface area contributed by atoms with Gasteiger partial charge in [0, 0.05) is 0 Å². The fourth-order valence-corrected chi connectivity index (χ4v) is 0. The molecule has 0 spiro atoms. The highest BCUT2D eigenvalue weighted by molar-refractivity contribution is 9.26. The van der Waals surface area contributed by atoms with Gasteiger partial charge in [0.25, 0.3) is 0 Å². The number of hydrogen-bond acceptors (Lipinski definition) is 1. The van der Waals surface area contributed by atoms with E-state index in [1.165, 1.54) is 0 Å². The van der Waals surface area contributed by atoms with Gasteiger partial charge in [0.05, 0.1) is 6.61 Å². The molecular weight excluding hydrogens is 235 g/mol. The molecule has 4 heteroatoms. The minimum atomic E-state index is -0.806. The first-order valence-electron chi connectivity index (χ1n) is 1.24. The Labute approximate surface area is 57.9 Å². The average molecular weight is 238 g/mol. The molecule has 0 saturated carbocycles. The Bertz CT molecular complexity index is 41.3. The first kappa shape index (κ1) is 7.21. The van der Waals surface area contributed by atoms with Crippen molar-refractivity contribution in [2.45, 2.75) is 2.69 Å². The Morgan fingerprint density at radius 3 is 1.83 bits per heavy atom. The van der Waals surface area contributed by atoms with Gasteiger partial charge in [-0.05, 0) is 0 Å². The third kappa shape index (κ3) is 5.21. The minimum Gasteiger partial charge on any atom is -0.393 e. The average Bonchev–Trinajstić information content (AvgIpc) is 1.35. The van der Waals surface area contributed by atoms with Gasteiger partial charge in [-0.2, -0.15) is 0 Å². The van der Waals surface area contributed by atoms with Crippen molar-refractivity contribution in [1.29, 1.82) is 0 Å². The number of alkyl halides is 3. The van der Waals surface area contributed by atoms with Crippen LogP contribution in [-0.2, 0) is 0 Å². The fourth-order valence-electron chi connectivity index (χ4n) is 0. The van der Waals surface area contributed by atoms with E-state index < -0.39 is 2.69 Å². The second-order valence-corrected chi connectivity index (χ2v) is 6.10. The van der Waals surface area contributed by atoms with Gasteiger partial charge in [0.15, 0.2) is 2.69 Å². The van der Waals surface area contributed by atoms with Crippen molar-refractivity contribution >= 4 is 43.5 Å². The summed E-state index contributed by atoms with van der Waals surface area (Å²) in [5, 5.41) is 8.18. The van der Waals surface area contributed by atoms with E-state index in [4.69, 9.17) is 16.7 Å². The van der Waals surface area contributed by atoms with Crippen LogP contribution in [-0.4, -0.2) is 14.4 Å². The van der Waals surface area contributed by atoms with E-state index in [0.717, 1.165) is 0 Å². The predicted octanol–water partition coefficient (Wildman–Crippen LogP) is 1.66. The van der Waals surface area contributed by atoms with Gasteiger partial charge in [0.2, 0.25) is 0 Å². The van der Waals surface area contributed by atoms with Crippen LogP contribution in [0.5, 0.6) is 0 Å². The summed E-state index contributed by atoms with van der Waals surface area (Å²) in [5.41, 5.74) is 0. The number of rotatable bonds is 1. The predicted molar refractivity (Wildman–Crippen MR) is 33.5 cm³/mol. The van der Waals surface area contributed by atoms with Gasteiger partial charge >= 0.3 is 0 Å². The van der Waals surface area contributed by atoms with E-state index in [1.807, 2.05) is 0 Å². The monoisotopic (exact) mass is 236 g/mol. The number of halogens is 3. The van der Waals surface area contributed by atoms with Crippen LogP contribution in [0.15, 0.2) is 0 Å². The molecule has 38 valence electrons. The van der Waals surface area contributed by atoms with Crippen molar-refractivity contribution in [3.05, 3.63) is 0 Å². The highest BCUT2D eigenvalue weighted by Crippen LogP contribution is 2.29. The van der Waals surface area contributed by atoms with Gasteiger partial charge < -0.3 is 5.11 Å². The Kier molecular flexibility index (Phi) is 3.01. The molecule has 6 heavy (non-hydrogen) atoms. The molecule has 0 amide bonds. The Morgan fingerprint density at radius 2 is 1.83 bits per heavy atom. The number of hydrogen-bond donors (Lipinski definition) is 1. The van der Waals surface area contributed by atoms with Gasteiger partial charge in [-0.1, -0.05) is 43.5 Å². The summed E-state index contributed by atoms with van der Waals surface area (Å²) in [6.07, 6.45) is 0. The Hall–Kier alpha value is 1.21. The summed E-state index contributed by atoms with van der Waals surface area (Å²) in [7, 11) is 0. The SMILES string of the molecule is OCC(Cl)(Br)Br. The molecule has 0 aromatic carbocycles. The van der Waals surface area contributed by atoms with Crippen LogP contribution in [0.3, 0.4) is 0 Å². The Morgan fingerprint density at radius 1 is 1.67 bits per heavy atom. The summed E-state index contributed by atoms with van der Waals surface area (Å²) >= 11 is 11.1. The van der Waals surface area contributed by atoms with Crippen molar-refractivity contribution < 1.29 is 5.11 Å². The lowest BCUT2D eigenvalue weighted by molar-refractivity contribution is 0.310. The van der Waals surface area contributed by atoms with Crippen molar-refractivity contribution in [2.24, 2.45) is 0 Å². The lowest BCUT2D eigenvalue weighted by Gasteiger charge is -2.02. The molecule has 1 N–H and O–H groups in total. The molecule has 0 rings (SSSR count). The van der Waals surface area contributed by atoms with Crippen LogP contribution < -0.4 is 0 Å². The van der Waals surface area contributed by atoms with Gasteiger partial charge in [0.1, 0.15) is 0 Å². The van der Waals surface area contributed by atoms with Crippen LogP contribution in [0.1, 0.15) is 0 Å². The summed E-state index contributed by atoms with van der Waals surface area (Å²) < 4.78 is -0.806. The zero-order valence-corrected chi connectivity index (χ0v) is 6.72. The van der Waals surface area contributed by atoms with Crippen molar-refractivity contribution in [3.8, 4) is 0 Å². The molecule has 0 unspecified atom stereocenters. The van der Waals surface area contributed by atoms with E-state index in [0.29, 0.717) is 0 Å². The first-order chi connectivity index (χ1) is 2.56. The number of aliphatic hydroxyl groups excluding tert-OH is 1.